The van der Waals surface area contributed by atoms with Crippen LogP contribution in [0.5, 0.6) is 0 Å². The van der Waals surface area contributed by atoms with Crippen molar-refractivity contribution in [1.29, 1.82) is 0 Å². The molecule has 0 N–H and O–H groups in total. The monoisotopic (exact) mass is 312 g/mol. The molecule has 4 heteroatoms. The van der Waals surface area contributed by atoms with E-state index in [0.717, 1.165) is 32.4 Å². The second kappa shape index (κ2) is 6.99. The Labute approximate surface area is 137 Å². The number of rotatable bonds is 4. The van der Waals surface area contributed by atoms with Gasteiger partial charge in [-0.2, -0.15) is 0 Å². The number of likely N-dealkylation sites (tertiary alicyclic amines) is 1. The van der Waals surface area contributed by atoms with Crippen LogP contribution in [0.25, 0.3) is 0 Å². The number of piperidine rings is 1. The van der Waals surface area contributed by atoms with E-state index in [1.54, 1.807) is 6.07 Å². The van der Waals surface area contributed by atoms with E-state index in [4.69, 9.17) is 4.52 Å². The van der Waals surface area contributed by atoms with Crippen LogP contribution in [0, 0.1) is 19.8 Å². The average Bonchev–Trinajstić information content (AvgIpc) is 3.00. The van der Waals surface area contributed by atoms with Gasteiger partial charge in [-0.3, -0.25) is 4.79 Å². The van der Waals surface area contributed by atoms with Crippen molar-refractivity contribution in [3.8, 4) is 0 Å². The molecule has 0 spiro atoms. The summed E-state index contributed by atoms with van der Waals surface area (Å²) in [5, 5.41) is 3.85. The van der Waals surface area contributed by atoms with E-state index >= 15 is 0 Å². The number of carbonyl (C=O) groups excluding carboxylic acids is 1. The molecule has 0 aliphatic carbocycles. The summed E-state index contributed by atoms with van der Waals surface area (Å²) in [7, 11) is 0. The smallest absolute Gasteiger partial charge is 0.276 e. The minimum atomic E-state index is 0.00226. The molecule has 2 heterocycles. The molecule has 1 aliphatic rings. The standard InChI is InChI=1S/C19H24N2O2/c1-14-6-3-4-8-17(14)10-9-16-7-5-11-21(13-16)19(22)18-12-15(2)23-20-18/h3-4,6,8,12,16H,5,7,9-11,13H2,1-2H3/t16-/m0/s1. The molecule has 0 unspecified atom stereocenters. The van der Waals surface area contributed by atoms with Crippen LogP contribution < -0.4 is 0 Å². The maximum Gasteiger partial charge on any atom is 0.276 e. The van der Waals surface area contributed by atoms with Gasteiger partial charge in [0, 0.05) is 19.2 Å². The van der Waals surface area contributed by atoms with Crippen LogP contribution in [0.3, 0.4) is 0 Å². The molecule has 1 amide bonds. The number of benzene rings is 1. The Morgan fingerprint density at radius 1 is 1.35 bits per heavy atom. The maximum absolute atomic E-state index is 12.5. The minimum Gasteiger partial charge on any atom is -0.361 e. The van der Waals surface area contributed by atoms with Crippen LogP contribution in [-0.4, -0.2) is 29.1 Å². The quantitative estimate of drug-likeness (QED) is 0.863. The van der Waals surface area contributed by atoms with E-state index in [2.05, 4.69) is 36.3 Å². The molecule has 1 aromatic heterocycles. The van der Waals surface area contributed by atoms with Crippen LogP contribution in [0.15, 0.2) is 34.9 Å². The first kappa shape index (κ1) is 15.8. The number of carbonyl (C=O) groups is 1. The van der Waals surface area contributed by atoms with Crippen molar-refractivity contribution >= 4 is 5.91 Å². The van der Waals surface area contributed by atoms with Gasteiger partial charge in [-0.1, -0.05) is 29.4 Å². The maximum atomic E-state index is 12.5. The van der Waals surface area contributed by atoms with Crippen molar-refractivity contribution in [2.75, 3.05) is 13.1 Å². The lowest BCUT2D eigenvalue weighted by Gasteiger charge is -2.32. The molecule has 1 aliphatic heterocycles. The number of amides is 1. The van der Waals surface area contributed by atoms with Crippen molar-refractivity contribution in [2.45, 2.75) is 39.5 Å². The number of aryl methyl sites for hydroxylation is 3. The highest BCUT2D eigenvalue weighted by molar-refractivity contribution is 5.92. The van der Waals surface area contributed by atoms with Gasteiger partial charge in [-0.25, -0.2) is 0 Å². The lowest BCUT2D eigenvalue weighted by molar-refractivity contribution is 0.0658. The van der Waals surface area contributed by atoms with Gasteiger partial charge >= 0.3 is 0 Å². The molecule has 1 aromatic carbocycles. The molecule has 1 atom stereocenters. The van der Waals surface area contributed by atoms with Gasteiger partial charge in [0.1, 0.15) is 5.76 Å². The van der Waals surface area contributed by atoms with Crippen molar-refractivity contribution < 1.29 is 9.32 Å². The zero-order valence-electron chi connectivity index (χ0n) is 13.9. The van der Waals surface area contributed by atoms with Gasteiger partial charge in [0.25, 0.3) is 5.91 Å². The fourth-order valence-corrected chi connectivity index (χ4v) is 3.36. The molecule has 0 saturated carbocycles. The molecule has 3 rings (SSSR count). The van der Waals surface area contributed by atoms with E-state index in [1.807, 2.05) is 11.8 Å². The topological polar surface area (TPSA) is 46.3 Å². The van der Waals surface area contributed by atoms with E-state index in [-0.39, 0.29) is 5.91 Å². The Bertz CT molecular complexity index is 678. The predicted molar refractivity (Wildman–Crippen MR) is 89.4 cm³/mol. The third kappa shape index (κ3) is 3.81. The van der Waals surface area contributed by atoms with Crippen LogP contribution in [-0.2, 0) is 6.42 Å². The molecule has 4 nitrogen and oxygen atoms in total. The molecule has 122 valence electrons. The molecule has 1 saturated heterocycles. The van der Waals surface area contributed by atoms with E-state index in [0.29, 0.717) is 17.4 Å². The summed E-state index contributed by atoms with van der Waals surface area (Å²) in [5.41, 5.74) is 3.21. The fourth-order valence-electron chi connectivity index (χ4n) is 3.36. The lowest BCUT2D eigenvalue weighted by atomic mass is 9.90. The van der Waals surface area contributed by atoms with Crippen LogP contribution in [0.1, 0.15) is 46.6 Å². The summed E-state index contributed by atoms with van der Waals surface area (Å²) in [5.74, 6) is 1.25. The Hall–Kier alpha value is -2.10. The fraction of sp³-hybridized carbons (Fsp3) is 0.474. The molecule has 2 aromatic rings. The predicted octanol–water partition coefficient (Wildman–Crippen LogP) is 3.78. The lowest BCUT2D eigenvalue weighted by Crippen LogP contribution is -2.40. The highest BCUT2D eigenvalue weighted by Crippen LogP contribution is 2.23. The molecule has 1 fully saturated rings. The summed E-state index contributed by atoms with van der Waals surface area (Å²) >= 11 is 0. The minimum absolute atomic E-state index is 0.00226. The SMILES string of the molecule is Cc1cc(C(=O)N2CCC[C@@H](CCc3ccccc3C)C2)no1. The largest absolute Gasteiger partial charge is 0.361 e. The molecule has 0 bridgehead atoms. The normalized spacial score (nSPS) is 18.2. The van der Waals surface area contributed by atoms with Gasteiger partial charge in [0.2, 0.25) is 0 Å². The van der Waals surface area contributed by atoms with Gasteiger partial charge in [-0.15, -0.1) is 0 Å². The highest BCUT2D eigenvalue weighted by atomic mass is 16.5. The average molecular weight is 312 g/mol. The number of hydrogen-bond donors (Lipinski definition) is 0. The second-order valence-electron chi connectivity index (χ2n) is 6.55. The molecule has 0 radical (unpaired) electrons. The van der Waals surface area contributed by atoms with Crippen LogP contribution >= 0.6 is 0 Å². The Morgan fingerprint density at radius 3 is 2.91 bits per heavy atom. The number of nitrogens with zero attached hydrogens (tertiary/aromatic N) is 2. The van der Waals surface area contributed by atoms with Gasteiger partial charge in [0.15, 0.2) is 5.69 Å². The van der Waals surface area contributed by atoms with E-state index in [9.17, 15) is 4.79 Å². The molecular weight excluding hydrogens is 288 g/mol. The van der Waals surface area contributed by atoms with E-state index in [1.165, 1.54) is 17.5 Å². The van der Waals surface area contributed by atoms with Crippen LogP contribution in [0.2, 0.25) is 0 Å². The van der Waals surface area contributed by atoms with Crippen molar-refractivity contribution in [2.24, 2.45) is 5.92 Å². The van der Waals surface area contributed by atoms with Gasteiger partial charge in [0.05, 0.1) is 0 Å². The second-order valence-corrected chi connectivity index (χ2v) is 6.55. The third-order valence-corrected chi connectivity index (χ3v) is 4.74. The van der Waals surface area contributed by atoms with Crippen molar-refractivity contribution in [3.63, 3.8) is 0 Å². The summed E-state index contributed by atoms with van der Waals surface area (Å²) < 4.78 is 5.02. The molecule has 23 heavy (non-hydrogen) atoms. The zero-order chi connectivity index (χ0) is 16.2. The summed E-state index contributed by atoms with van der Waals surface area (Å²) in [4.78, 5) is 14.4. The summed E-state index contributed by atoms with van der Waals surface area (Å²) in [6.45, 7) is 5.63. The molecular formula is C19H24N2O2. The zero-order valence-corrected chi connectivity index (χ0v) is 13.9. The highest BCUT2D eigenvalue weighted by Gasteiger charge is 2.26. The number of hydrogen-bond acceptors (Lipinski definition) is 3. The summed E-state index contributed by atoms with van der Waals surface area (Å²) in [6.07, 6.45) is 4.49. The van der Waals surface area contributed by atoms with Gasteiger partial charge in [-0.05, 0) is 56.6 Å². The Morgan fingerprint density at radius 2 is 2.17 bits per heavy atom. The van der Waals surface area contributed by atoms with Crippen molar-refractivity contribution in [1.82, 2.24) is 10.1 Å². The van der Waals surface area contributed by atoms with Gasteiger partial charge < -0.3 is 9.42 Å². The van der Waals surface area contributed by atoms with E-state index < -0.39 is 0 Å². The van der Waals surface area contributed by atoms with Crippen molar-refractivity contribution in [3.05, 3.63) is 52.9 Å². The first-order valence-corrected chi connectivity index (χ1v) is 8.40. The Balaban J connectivity index is 1.58. The number of aromatic nitrogens is 1. The summed E-state index contributed by atoms with van der Waals surface area (Å²) in [6, 6.07) is 10.3. The third-order valence-electron chi connectivity index (χ3n) is 4.74. The first-order valence-electron chi connectivity index (χ1n) is 8.40. The van der Waals surface area contributed by atoms with Crippen LogP contribution in [0.4, 0.5) is 0 Å². The first-order chi connectivity index (χ1) is 11.1. The Kier molecular flexibility index (Phi) is 4.79.